The van der Waals surface area contributed by atoms with E-state index in [1.807, 2.05) is 61.5 Å². The molecule has 3 aromatic carbocycles. The molecule has 0 radical (unpaired) electrons. The molecule has 0 aliphatic heterocycles. The van der Waals surface area contributed by atoms with Crippen molar-refractivity contribution in [3.05, 3.63) is 95.1 Å². The first kappa shape index (κ1) is 20.2. The maximum Gasteiger partial charge on any atom is 0.336 e. The molecule has 0 spiro atoms. The lowest BCUT2D eigenvalue weighted by Crippen LogP contribution is -2.09. The van der Waals surface area contributed by atoms with Crippen LogP contribution >= 0.6 is 0 Å². The first-order valence-corrected chi connectivity index (χ1v) is 9.46. The standard InChI is InChI=1S/C25H24O4/c1-18-11-12-24(19(2)15-18)29-14-13-28-22-10-6-7-20(16-22)17-23(25(26)27)21-8-4-3-5-9-21/h3-12,15-17H,13-14H2,1-2H3,(H,26,27)/b23-17+. The van der Waals surface area contributed by atoms with E-state index in [1.54, 1.807) is 18.2 Å². The minimum absolute atomic E-state index is 0.237. The second kappa shape index (κ2) is 9.60. The number of benzene rings is 3. The van der Waals surface area contributed by atoms with Gasteiger partial charge in [-0.05, 0) is 54.8 Å². The molecule has 0 aromatic heterocycles. The molecule has 0 aliphatic rings. The Balaban J connectivity index is 1.64. The fourth-order valence-corrected chi connectivity index (χ4v) is 3.02. The van der Waals surface area contributed by atoms with E-state index >= 15 is 0 Å². The maximum absolute atomic E-state index is 11.7. The molecule has 0 unspecified atom stereocenters. The van der Waals surface area contributed by atoms with Gasteiger partial charge < -0.3 is 14.6 Å². The van der Waals surface area contributed by atoms with Crippen LogP contribution in [0.25, 0.3) is 11.6 Å². The molecule has 0 saturated carbocycles. The topological polar surface area (TPSA) is 55.8 Å². The molecule has 0 atom stereocenters. The Hall–Kier alpha value is -3.53. The Morgan fingerprint density at radius 3 is 2.38 bits per heavy atom. The van der Waals surface area contributed by atoms with E-state index in [2.05, 4.69) is 13.0 Å². The van der Waals surface area contributed by atoms with Crippen molar-refractivity contribution in [2.75, 3.05) is 13.2 Å². The van der Waals surface area contributed by atoms with Gasteiger partial charge in [0.1, 0.15) is 24.7 Å². The molecule has 0 amide bonds. The molecule has 0 saturated heterocycles. The number of ether oxygens (including phenoxy) is 2. The molecule has 148 valence electrons. The summed E-state index contributed by atoms with van der Waals surface area (Å²) in [5.41, 5.74) is 3.96. The van der Waals surface area contributed by atoms with Gasteiger partial charge in [-0.2, -0.15) is 0 Å². The lowest BCUT2D eigenvalue weighted by atomic mass is 10.0. The predicted molar refractivity (Wildman–Crippen MR) is 115 cm³/mol. The van der Waals surface area contributed by atoms with Crippen LogP contribution in [0.1, 0.15) is 22.3 Å². The molecule has 0 aliphatic carbocycles. The van der Waals surface area contributed by atoms with Gasteiger partial charge in [0.05, 0.1) is 5.57 Å². The normalized spacial score (nSPS) is 11.2. The molecule has 3 rings (SSSR count). The van der Waals surface area contributed by atoms with Crippen molar-refractivity contribution in [3.63, 3.8) is 0 Å². The van der Waals surface area contributed by atoms with E-state index in [1.165, 1.54) is 5.56 Å². The van der Waals surface area contributed by atoms with Crippen LogP contribution in [0.15, 0.2) is 72.8 Å². The van der Waals surface area contributed by atoms with Crippen LogP contribution in [0.3, 0.4) is 0 Å². The lowest BCUT2D eigenvalue weighted by Gasteiger charge is -2.11. The van der Waals surface area contributed by atoms with Crippen LogP contribution < -0.4 is 9.47 Å². The van der Waals surface area contributed by atoms with Gasteiger partial charge in [0, 0.05) is 0 Å². The van der Waals surface area contributed by atoms with Gasteiger partial charge in [-0.1, -0.05) is 60.2 Å². The summed E-state index contributed by atoms with van der Waals surface area (Å²) in [5, 5.41) is 9.56. The molecule has 0 fully saturated rings. The highest BCUT2D eigenvalue weighted by Gasteiger charge is 2.10. The van der Waals surface area contributed by atoms with Crippen molar-refractivity contribution in [1.29, 1.82) is 0 Å². The van der Waals surface area contributed by atoms with Crippen molar-refractivity contribution >= 4 is 17.6 Å². The Labute approximate surface area is 171 Å². The van der Waals surface area contributed by atoms with Crippen molar-refractivity contribution in [1.82, 2.24) is 0 Å². The highest BCUT2D eigenvalue weighted by atomic mass is 16.5. The Bertz CT molecular complexity index is 1010. The number of rotatable bonds is 8. The summed E-state index contributed by atoms with van der Waals surface area (Å²) in [5.74, 6) is 0.551. The summed E-state index contributed by atoms with van der Waals surface area (Å²) in [6.45, 7) is 4.89. The van der Waals surface area contributed by atoms with Gasteiger partial charge in [-0.3, -0.25) is 0 Å². The van der Waals surface area contributed by atoms with Crippen molar-refractivity contribution in [3.8, 4) is 11.5 Å². The highest BCUT2D eigenvalue weighted by Crippen LogP contribution is 2.22. The first-order valence-electron chi connectivity index (χ1n) is 9.46. The molecule has 4 heteroatoms. The van der Waals surface area contributed by atoms with Crippen molar-refractivity contribution < 1.29 is 19.4 Å². The van der Waals surface area contributed by atoms with Crippen molar-refractivity contribution in [2.45, 2.75) is 13.8 Å². The zero-order chi connectivity index (χ0) is 20.6. The fraction of sp³-hybridized carbons (Fsp3) is 0.160. The lowest BCUT2D eigenvalue weighted by molar-refractivity contribution is -0.130. The van der Waals surface area contributed by atoms with Gasteiger partial charge in [0.2, 0.25) is 0 Å². The minimum Gasteiger partial charge on any atom is -0.490 e. The molecular weight excluding hydrogens is 364 g/mol. The van der Waals surface area contributed by atoms with Gasteiger partial charge in [0.25, 0.3) is 0 Å². The number of hydrogen-bond donors (Lipinski definition) is 1. The smallest absolute Gasteiger partial charge is 0.336 e. The van der Waals surface area contributed by atoms with E-state index in [0.29, 0.717) is 24.5 Å². The van der Waals surface area contributed by atoms with Crippen LogP contribution in [0.5, 0.6) is 11.5 Å². The molecule has 4 nitrogen and oxygen atoms in total. The van der Waals surface area contributed by atoms with E-state index in [4.69, 9.17) is 9.47 Å². The van der Waals surface area contributed by atoms with Crippen molar-refractivity contribution in [2.24, 2.45) is 0 Å². The maximum atomic E-state index is 11.7. The summed E-state index contributed by atoms with van der Waals surface area (Å²) in [6, 6.07) is 22.5. The number of carbonyl (C=O) groups is 1. The van der Waals surface area contributed by atoms with Gasteiger partial charge in [0.15, 0.2) is 0 Å². The van der Waals surface area contributed by atoms with E-state index < -0.39 is 5.97 Å². The number of carboxylic acid groups (broad SMARTS) is 1. The number of carboxylic acids is 1. The highest BCUT2D eigenvalue weighted by molar-refractivity contribution is 6.20. The number of aliphatic carboxylic acids is 1. The van der Waals surface area contributed by atoms with Crippen LogP contribution in [-0.4, -0.2) is 24.3 Å². The Kier molecular flexibility index (Phi) is 6.69. The zero-order valence-corrected chi connectivity index (χ0v) is 16.6. The van der Waals surface area contributed by atoms with Crippen LogP contribution in [0.2, 0.25) is 0 Å². The summed E-state index contributed by atoms with van der Waals surface area (Å²) >= 11 is 0. The summed E-state index contributed by atoms with van der Waals surface area (Å²) in [4.78, 5) is 11.7. The summed E-state index contributed by atoms with van der Waals surface area (Å²) < 4.78 is 11.6. The quantitative estimate of drug-likeness (QED) is 0.319. The second-order valence-corrected chi connectivity index (χ2v) is 6.77. The predicted octanol–water partition coefficient (Wildman–Crippen LogP) is 5.39. The molecule has 0 bridgehead atoms. The largest absolute Gasteiger partial charge is 0.490 e. The summed E-state index contributed by atoms with van der Waals surface area (Å²) in [7, 11) is 0. The number of hydrogen-bond acceptors (Lipinski definition) is 3. The summed E-state index contributed by atoms with van der Waals surface area (Å²) in [6.07, 6.45) is 1.65. The minimum atomic E-state index is -0.968. The average Bonchev–Trinajstić information content (AvgIpc) is 2.71. The first-order chi connectivity index (χ1) is 14.0. The SMILES string of the molecule is Cc1ccc(OCCOc2cccc(/C=C(/C(=O)O)c3ccccc3)c2)c(C)c1. The van der Waals surface area contributed by atoms with Gasteiger partial charge >= 0.3 is 5.97 Å². The van der Waals surface area contributed by atoms with Crippen LogP contribution in [0, 0.1) is 13.8 Å². The molecule has 0 heterocycles. The monoisotopic (exact) mass is 388 g/mol. The Morgan fingerprint density at radius 1 is 0.897 bits per heavy atom. The average molecular weight is 388 g/mol. The third-order valence-electron chi connectivity index (χ3n) is 4.42. The van der Waals surface area contributed by atoms with Crippen LogP contribution in [-0.2, 0) is 4.79 Å². The van der Waals surface area contributed by atoms with E-state index in [0.717, 1.165) is 16.9 Å². The third kappa shape index (κ3) is 5.72. The van der Waals surface area contributed by atoms with E-state index in [-0.39, 0.29) is 5.57 Å². The van der Waals surface area contributed by atoms with Crippen LogP contribution in [0.4, 0.5) is 0 Å². The number of aryl methyl sites for hydroxylation is 2. The molecule has 1 N–H and O–H groups in total. The molecule has 3 aromatic rings. The van der Waals surface area contributed by atoms with Gasteiger partial charge in [-0.25, -0.2) is 4.79 Å². The molecule has 29 heavy (non-hydrogen) atoms. The molecular formula is C25H24O4. The Morgan fingerprint density at radius 2 is 1.66 bits per heavy atom. The van der Waals surface area contributed by atoms with Gasteiger partial charge in [-0.15, -0.1) is 0 Å². The van der Waals surface area contributed by atoms with E-state index in [9.17, 15) is 9.90 Å². The third-order valence-corrected chi connectivity index (χ3v) is 4.42. The second-order valence-electron chi connectivity index (χ2n) is 6.77. The fourth-order valence-electron chi connectivity index (χ4n) is 3.02. The zero-order valence-electron chi connectivity index (χ0n) is 16.6.